The van der Waals surface area contributed by atoms with Crippen LogP contribution in [0.5, 0.6) is 0 Å². The molecule has 0 aromatic rings. The van der Waals surface area contributed by atoms with E-state index in [1.165, 1.54) is 13.8 Å². The van der Waals surface area contributed by atoms with Crippen LogP contribution in [0.15, 0.2) is 0 Å². The van der Waals surface area contributed by atoms with Gasteiger partial charge in [-0.15, -0.1) is 0 Å². The van der Waals surface area contributed by atoms with Crippen molar-refractivity contribution < 1.29 is 83.4 Å². The number of aliphatic hydroxyl groups excluding tert-OH is 5. The third-order valence-electron chi connectivity index (χ3n) is 12.1. The van der Waals surface area contributed by atoms with E-state index < -0.39 is 116 Å². The van der Waals surface area contributed by atoms with Crippen LogP contribution < -0.4 is 10.6 Å². The molecule has 9 N–H and O–H groups in total. The molecule has 59 heavy (non-hydrogen) atoms. The van der Waals surface area contributed by atoms with E-state index in [1.54, 1.807) is 0 Å². The maximum absolute atomic E-state index is 13.8. The standard InChI is InChI=1S/C40H66N2O17/c1-4-23-17-24(25(45)12-9-15-41-29(46)13-8-14-30(47)48)18-26(36(23)59-40-35(52)34(51)32(49)20(2)55-40)57-39-31(42-21(3)44)37(33(50)28(19-43)58-39)56-27(38(53)54)16-22-10-6-5-7-11-22/h20,22-24,26-28,31-37,39-40,43,49-52H,4-19H2,1-3H3,(H,41,46)(H,42,44)(H,47,48)(H,53,54)/t20?,23?,24?,26-,27+,28?,31?,32-,33+,34?,35+,36-,37?,39-,40+/m1/s1. The zero-order valence-corrected chi connectivity index (χ0v) is 34.3. The van der Waals surface area contributed by atoms with Gasteiger partial charge in [-0.05, 0) is 50.9 Å². The van der Waals surface area contributed by atoms with Gasteiger partial charge in [-0.2, -0.15) is 0 Å². The van der Waals surface area contributed by atoms with Crippen molar-refractivity contribution in [2.45, 2.75) is 190 Å². The molecular weight excluding hydrogens is 780 g/mol. The van der Waals surface area contributed by atoms with E-state index in [-0.39, 0.29) is 62.7 Å². The Hall–Kier alpha value is -2.85. The third kappa shape index (κ3) is 13.8. The number of amides is 2. The Morgan fingerprint density at radius 2 is 1.53 bits per heavy atom. The summed E-state index contributed by atoms with van der Waals surface area (Å²) in [5, 5.41) is 78.0. The molecule has 19 nitrogen and oxygen atoms in total. The van der Waals surface area contributed by atoms with Crippen LogP contribution in [0.1, 0.15) is 111 Å². The number of ether oxygens (including phenoxy) is 5. The van der Waals surface area contributed by atoms with Crippen LogP contribution >= 0.6 is 0 Å². The maximum atomic E-state index is 13.8. The van der Waals surface area contributed by atoms with Crippen molar-refractivity contribution in [2.24, 2.45) is 17.8 Å². The molecule has 4 fully saturated rings. The minimum Gasteiger partial charge on any atom is -0.481 e. The van der Waals surface area contributed by atoms with E-state index in [4.69, 9.17) is 28.8 Å². The number of aliphatic hydroxyl groups is 5. The molecule has 0 aromatic heterocycles. The summed E-state index contributed by atoms with van der Waals surface area (Å²) in [6.45, 7) is 4.04. The van der Waals surface area contributed by atoms with Gasteiger partial charge in [0.1, 0.15) is 48.4 Å². The molecule has 7 unspecified atom stereocenters. The van der Waals surface area contributed by atoms with Crippen molar-refractivity contribution in [1.82, 2.24) is 10.6 Å². The number of carboxylic acids is 2. The van der Waals surface area contributed by atoms with Crippen molar-refractivity contribution in [3.8, 4) is 0 Å². The van der Waals surface area contributed by atoms with Crippen LogP contribution in [-0.4, -0.2) is 158 Å². The summed E-state index contributed by atoms with van der Waals surface area (Å²) in [6.07, 6.45) is -10.2. The van der Waals surface area contributed by atoms with E-state index in [0.29, 0.717) is 19.3 Å². The second-order valence-corrected chi connectivity index (χ2v) is 16.6. The second-order valence-electron chi connectivity index (χ2n) is 16.6. The van der Waals surface area contributed by atoms with Gasteiger partial charge in [-0.25, -0.2) is 4.79 Å². The van der Waals surface area contributed by atoms with Crippen LogP contribution in [-0.2, 0) is 47.7 Å². The predicted molar refractivity (Wildman–Crippen MR) is 204 cm³/mol. The van der Waals surface area contributed by atoms with E-state index in [1.807, 2.05) is 6.92 Å². The van der Waals surface area contributed by atoms with Crippen molar-refractivity contribution in [3.63, 3.8) is 0 Å². The average Bonchev–Trinajstić information content (AvgIpc) is 3.19. The van der Waals surface area contributed by atoms with Crippen molar-refractivity contribution in [2.75, 3.05) is 13.2 Å². The molecule has 0 spiro atoms. The summed E-state index contributed by atoms with van der Waals surface area (Å²) in [5.41, 5.74) is 0. The summed E-state index contributed by atoms with van der Waals surface area (Å²) in [7, 11) is 0. The number of carbonyl (C=O) groups excluding carboxylic acids is 3. The first-order valence-corrected chi connectivity index (χ1v) is 21.2. The summed E-state index contributed by atoms with van der Waals surface area (Å²) in [5.74, 6) is -4.27. The fourth-order valence-electron chi connectivity index (χ4n) is 8.81. The van der Waals surface area contributed by atoms with Gasteiger partial charge in [-0.3, -0.25) is 19.2 Å². The second kappa shape index (κ2) is 23.4. The molecule has 2 heterocycles. The molecule has 0 bridgehead atoms. The highest BCUT2D eigenvalue weighted by atomic mass is 16.7. The van der Waals surface area contributed by atoms with Crippen molar-refractivity contribution in [1.29, 1.82) is 0 Å². The molecule has 2 aliphatic carbocycles. The highest BCUT2D eigenvalue weighted by Crippen LogP contribution is 2.40. The number of hydrogen-bond donors (Lipinski definition) is 9. The van der Waals surface area contributed by atoms with Gasteiger partial charge in [0.2, 0.25) is 11.8 Å². The number of aliphatic carboxylic acids is 2. The van der Waals surface area contributed by atoms with Gasteiger partial charge in [0.15, 0.2) is 18.7 Å². The fourth-order valence-corrected chi connectivity index (χ4v) is 8.81. The molecule has 4 rings (SSSR count). The minimum absolute atomic E-state index is 0.0229. The molecule has 0 aromatic carbocycles. The zero-order valence-electron chi connectivity index (χ0n) is 34.3. The lowest BCUT2D eigenvalue weighted by atomic mass is 9.74. The fraction of sp³-hybridized carbons (Fsp3) is 0.875. The Morgan fingerprint density at radius 3 is 2.15 bits per heavy atom. The van der Waals surface area contributed by atoms with E-state index in [2.05, 4.69) is 10.6 Å². The van der Waals surface area contributed by atoms with Gasteiger partial charge in [-0.1, -0.05) is 45.4 Å². The molecule has 0 radical (unpaired) electrons. The minimum atomic E-state index is -1.67. The third-order valence-corrected chi connectivity index (χ3v) is 12.1. The monoisotopic (exact) mass is 846 g/mol. The smallest absolute Gasteiger partial charge is 0.332 e. The number of carbonyl (C=O) groups is 5. The Balaban J connectivity index is 1.59. The van der Waals surface area contributed by atoms with Gasteiger partial charge in [0.05, 0.1) is 24.9 Å². The highest BCUT2D eigenvalue weighted by Gasteiger charge is 2.52. The van der Waals surface area contributed by atoms with Crippen LogP contribution in [0.4, 0.5) is 0 Å². The van der Waals surface area contributed by atoms with Crippen LogP contribution in [0, 0.1) is 17.8 Å². The lowest BCUT2D eigenvalue weighted by molar-refractivity contribution is -0.338. The maximum Gasteiger partial charge on any atom is 0.332 e. The first-order valence-electron chi connectivity index (χ1n) is 21.2. The van der Waals surface area contributed by atoms with Crippen molar-refractivity contribution >= 4 is 29.5 Å². The van der Waals surface area contributed by atoms with E-state index >= 15 is 0 Å². The summed E-state index contributed by atoms with van der Waals surface area (Å²) < 4.78 is 31.0. The highest BCUT2D eigenvalue weighted by molar-refractivity contribution is 5.81. The van der Waals surface area contributed by atoms with E-state index in [0.717, 1.165) is 32.1 Å². The topological polar surface area (TPSA) is 297 Å². The summed E-state index contributed by atoms with van der Waals surface area (Å²) in [4.78, 5) is 61.9. The average molecular weight is 847 g/mol. The summed E-state index contributed by atoms with van der Waals surface area (Å²) >= 11 is 0. The number of hydrogen-bond acceptors (Lipinski definition) is 15. The molecule has 2 saturated heterocycles. The predicted octanol–water partition coefficient (Wildman–Crippen LogP) is 0.133. The molecule has 4 aliphatic rings. The largest absolute Gasteiger partial charge is 0.481 e. The molecule has 15 atom stereocenters. The molecule has 2 amide bonds. The van der Waals surface area contributed by atoms with Crippen LogP contribution in [0.2, 0.25) is 0 Å². The Kier molecular flexibility index (Phi) is 19.4. The SMILES string of the molecule is CCC1CC(C(=O)CCCNC(=O)CCCC(=O)O)C[C@@H](O[C@@H]2OC(CO)[C@H](O)C(O[C@@H](CC3CCCCC3)C(=O)O)C2NC(C)=O)[C@@H]1O[C@@H]1OC(C)[C@@H](O)C(O)[C@@H]1O. The lowest BCUT2D eigenvalue weighted by Crippen LogP contribution is -2.67. The normalized spacial score (nSPS) is 36.0. The Bertz CT molecular complexity index is 1380. The lowest BCUT2D eigenvalue weighted by Gasteiger charge is -2.49. The van der Waals surface area contributed by atoms with Crippen LogP contribution in [0.25, 0.3) is 0 Å². The molecule has 2 saturated carbocycles. The number of Topliss-reactive ketones (excluding diaryl/α,β-unsaturated/α-hetero) is 1. The van der Waals surface area contributed by atoms with Gasteiger partial charge < -0.3 is 70.1 Å². The van der Waals surface area contributed by atoms with E-state index in [9.17, 15) is 54.6 Å². The number of ketones is 1. The van der Waals surface area contributed by atoms with Crippen LogP contribution in [0.3, 0.4) is 0 Å². The number of carboxylic acid groups (broad SMARTS) is 2. The Labute approximate surface area is 344 Å². The van der Waals surface area contributed by atoms with Crippen molar-refractivity contribution in [3.05, 3.63) is 0 Å². The Morgan fingerprint density at radius 1 is 0.814 bits per heavy atom. The number of rotatable bonds is 21. The van der Waals surface area contributed by atoms with Gasteiger partial charge in [0, 0.05) is 38.6 Å². The quantitative estimate of drug-likeness (QED) is 0.0694. The number of nitrogens with one attached hydrogen (secondary N) is 2. The summed E-state index contributed by atoms with van der Waals surface area (Å²) in [6, 6.07) is -1.32. The molecule has 2 aliphatic heterocycles. The first kappa shape index (κ1) is 48.8. The molecular formula is C40H66N2O17. The molecule has 19 heteroatoms. The van der Waals surface area contributed by atoms with Gasteiger partial charge >= 0.3 is 11.9 Å². The molecule has 338 valence electrons. The zero-order chi connectivity index (χ0) is 43.4. The van der Waals surface area contributed by atoms with Gasteiger partial charge in [0.25, 0.3) is 0 Å². The first-order chi connectivity index (χ1) is 28.0.